The van der Waals surface area contributed by atoms with Gasteiger partial charge in [-0.25, -0.2) is 8.42 Å². The van der Waals surface area contributed by atoms with Crippen LogP contribution in [0.25, 0.3) is 6.08 Å². The fourth-order valence-electron chi connectivity index (χ4n) is 3.75. The van der Waals surface area contributed by atoms with Crippen LogP contribution in [-0.2, 0) is 19.6 Å². The van der Waals surface area contributed by atoms with Gasteiger partial charge in [-0.1, -0.05) is 44.2 Å². The van der Waals surface area contributed by atoms with Gasteiger partial charge in [0.1, 0.15) is 0 Å². The molecule has 1 N–H and O–H groups in total. The number of hydrogen-bond donors (Lipinski definition) is 1. The van der Waals surface area contributed by atoms with Gasteiger partial charge in [0, 0.05) is 31.9 Å². The van der Waals surface area contributed by atoms with E-state index in [9.17, 15) is 18.0 Å². The van der Waals surface area contributed by atoms with E-state index in [0.717, 1.165) is 11.1 Å². The van der Waals surface area contributed by atoms with Crippen molar-refractivity contribution in [1.29, 1.82) is 0 Å². The number of fused-ring (bicyclic) bond motifs is 1. The van der Waals surface area contributed by atoms with E-state index in [2.05, 4.69) is 5.32 Å². The normalized spacial score (nSPS) is 15.6. The van der Waals surface area contributed by atoms with Crippen LogP contribution in [0.2, 0.25) is 0 Å². The van der Waals surface area contributed by atoms with Crippen molar-refractivity contribution in [2.75, 3.05) is 18.4 Å². The smallest absolute Gasteiger partial charge is 0.243 e. The Morgan fingerprint density at radius 3 is 2.45 bits per heavy atom. The lowest BCUT2D eigenvalue weighted by molar-refractivity contribution is -0.129. The van der Waals surface area contributed by atoms with Gasteiger partial charge in [0.25, 0.3) is 0 Å². The number of nitrogens with one attached hydrogen (secondary N) is 1. The summed E-state index contributed by atoms with van der Waals surface area (Å²) in [6, 6.07) is 13.4. The molecule has 1 heterocycles. The van der Waals surface area contributed by atoms with Crippen molar-refractivity contribution in [2.24, 2.45) is 0 Å². The third kappa shape index (κ3) is 4.86. The molecule has 31 heavy (non-hydrogen) atoms. The van der Waals surface area contributed by atoms with Crippen LogP contribution in [0.3, 0.4) is 0 Å². The Hall–Kier alpha value is -2.97. The number of sulfonamides is 1. The van der Waals surface area contributed by atoms with Crippen molar-refractivity contribution in [1.82, 2.24) is 9.21 Å². The molecule has 0 unspecified atom stereocenters. The van der Waals surface area contributed by atoms with Crippen LogP contribution >= 0.6 is 0 Å². The maximum atomic E-state index is 12.8. The molecule has 1 aliphatic rings. The standard InChI is InChI=1S/C23H27N3O4S/c1-4-25(5-2)31(29,30)20-11-8-10-19(15-20)24-23(28)16-22-21-12-7-6-9-18(21)13-14-26(22)17(3)27/h6-15,22H,4-5,16H2,1-3H3,(H,24,28)/t22-/m0/s1. The third-order valence-corrected chi connectivity index (χ3v) is 7.35. The molecule has 7 nitrogen and oxygen atoms in total. The van der Waals surface area contributed by atoms with Crippen LogP contribution in [0, 0.1) is 0 Å². The lowest BCUT2D eigenvalue weighted by Crippen LogP contribution is -2.33. The highest BCUT2D eigenvalue weighted by atomic mass is 32.2. The van der Waals surface area contributed by atoms with Gasteiger partial charge in [-0.05, 0) is 35.4 Å². The Morgan fingerprint density at radius 2 is 1.77 bits per heavy atom. The SMILES string of the molecule is CCN(CC)S(=O)(=O)c1cccc(NC(=O)C[C@H]2c3ccccc3C=CN2C(C)=O)c1. The minimum atomic E-state index is -3.63. The molecule has 0 bridgehead atoms. The summed E-state index contributed by atoms with van der Waals surface area (Å²) in [6.07, 6.45) is 3.60. The number of nitrogens with zero attached hydrogens (tertiary/aromatic N) is 2. The third-order valence-electron chi connectivity index (χ3n) is 5.31. The minimum Gasteiger partial charge on any atom is -0.326 e. The Kier molecular flexibility index (Phi) is 6.92. The van der Waals surface area contributed by atoms with E-state index in [1.807, 2.05) is 30.3 Å². The summed E-state index contributed by atoms with van der Waals surface area (Å²) in [5, 5.41) is 2.78. The first-order valence-corrected chi connectivity index (χ1v) is 11.7. The zero-order valence-electron chi connectivity index (χ0n) is 17.9. The number of carbonyl (C=O) groups excluding carboxylic acids is 2. The van der Waals surface area contributed by atoms with Gasteiger partial charge in [-0.2, -0.15) is 4.31 Å². The summed E-state index contributed by atoms with van der Waals surface area (Å²) in [4.78, 5) is 26.6. The van der Waals surface area contributed by atoms with Crippen molar-refractivity contribution < 1.29 is 18.0 Å². The predicted molar refractivity (Wildman–Crippen MR) is 121 cm³/mol. The van der Waals surface area contributed by atoms with Gasteiger partial charge in [-0.3, -0.25) is 9.59 Å². The molecule has 8 heteroatoms. The Morgan fingerprint density at radius 1 is 1.06 bits per heavy atom. The van der Waals surface area contributed by atoms with Crippen molar-refractivity contribution >= 4 is 33.6 Å². The number of rotatable bonds is 7. The quantitative estimate of drug-likeness (QED) is 0.711. The van der Waals surface area contributed by atoms with Crippen LogP contribution in [0.4, 0.5) is 5.69 Å². The summed E-state index contributed by atoms with van der Waals surface area (Å²) < 4.78 is 26.9. The zero-order chi connectivity index (χ0) is 22.6. The van der Waals surface area contributed by atoms with Gasteiger partial charge in [-0.15, -0.1) is 0 Å². The molecule has 164 valence electrons. The molecule has 0 spiro atoms. The molecule has 3 rings (SSSR count). The molecular formula is C23H27N3O4S. The van der Waals surface area contributed by atoms with Gasteiger partial charge >= 0.3 is 0 Å². The van der Waals surface area contributed by atoms with Crippen LogP contribution in [0.5, 0.6) is 0 Å². The van der Waals surface area contributed by atoms with E-state index in [4.69, 9.17) is 0 Å². The van der Waals surface area contributed by atoms with E-state index in [1.54, 1.807) is 37.1 Å². The fourth-order valence-corrected chi connectivity index (χ4v) is 5.25. The summed E-state index contributed by atoms with van der Waals surface area (Å²) in [5.74, 6) is -0.463. The van der Waals surface area contributed by atoms with E-state index in [-0.39, 0.29) is 23.1 Å². The first-order chi connectivity index (χ1) is 14.8. The van der Waals surface area contributed by atoms with Gasteiger partial charge in [0.05, 0.1) is 17.4 Å². The lowest BCUT2D eigenvalue weighted by Gasteiger charge is -2.32. The highest BCUT2D eigenvalue weighted by molar-refractivity contribution is 7.89. The summed E-state index contributed by atoms with van der Waals surface area (Å²) in [7, 11) is -3.63. The maximum absolute atomic E-state index is 12.8. The van der Waals surface area contributed by atoms with E-state index in [0.29, 0.717) is 18.8 Å². The molecule has 0 saturated heterocycles. The molecule has 0 aromatic heterocycles. The summed E-state index contributed by atoms with van der Waals surface area (Å²) >= 11 is 0. The number of carbonyl (C=O) groups is 2. The van der Waals surface area contributed by atoms with Crippen molar-refractivity contribution in [2.45, 2.75) is 38.1 Å². The summed E-state index contributed by atoms with van der Waals surface area (Å²) in [6.45, 7) is 5.76. The second-order valence-corrected chi connectivity index (χ2v) is 9.19. The number of amides is 2. The van der Waals surface area contributed by atoms with E-state index < -0.39 is 16.1 Å². The molecule has 0 aliphatic carbocycles. The second-order valence-electron chi connectivity index (χ2n) is 7.26. The Labute approximate surface area is 183 Å². The minimum absolute atomic E-state index is 0.0496. The highest BCUT2D eigenvalue weighted by Gasteiger charge is 2.28. The first-order valence-electron chi connectivity index (χ1n) is 10.2. The number of hydrogen-bond acceptors (Lipinski definition) is 4. The van der Waals surface area contributed by atoms with Gasteiger partial charge in [0.2, 0.25) is 21.8 Å². The number of anilines is 1. The van der Waals surface area contributed by atoms with E-state index in [1.165, 1.54) is 23.4 Å². The fraction of sp³-hybridized carbons (Fsp3) is 0.304. The number of benzene rings is 2. The van der Waals surface area contributed by atoms with Gasteiger partial charge < -0.3 is 10.2 Å². The van der Waals surface area contributed by atoms with Crippen molar-refractivity contribution in [3.05, 3.63) is 65.9 Å². The largest absolute Gasteiger partial charge is 0.326 e. The highest BCUT2D eigenvalue weighted by Crippen LogP contribution is 2.33. The van der Waals surface area contributed by atoms with Crippen molar-refractivity contribution in [3.8, 4) is 0 Å². The summed E-state index contributed by atoms with van der Waals surface area (Å²) in [5.41, 5.74) is 2.26. The molecular weight excluding hydrogens is 414 g/mol. The molecule has 1 aliphatic heterocycles. The Balaban J connectivity index is 1.81. The molecule has 2 aromatic carbocycles. The molecule has 2 amide bonds. The molecule has 0 fully saturated rings. The zero-order valence-corrected chi connectivity index (χ0v) is 18.7. The van der Waals surface area contributed by atoms with Crippen molar-refractivity contribution in [3.63, 3.8) is 0 Å². The molecule has 0 saturated carbocycles. The molecule has 2 aromatic rings. The Bertz CT molecular complexity index is 1110. The molecule has 1 atom stereocenters. The van der Waals surface area contributed by atoms with Crippen LogP contribution in [0.1, 0.15) is 44.4 Å². The monoisotopic (exact) mass is 441 g/mol. The average molecular weight is 442 g/mol. The van der Waals surface area contributed by atoms with Crippen LogP contribution in [-0.4, -0.2) is 42.5 Å². The van der Waals surface area contributed by atoms with E-state index >= 15 is 0 Å². The first kappa shape index (κ1) is 22.7. The van der Waals surface area contributed by atoms with Crippen LogP contribution < -0.4 is 5.32 Å². The maximum Gasteiger partial charge on any atom is 0.243 e. The lowest BCUT2D eigenvalue weighted by atomic mass is 9.93. The average Bonchev–Trinajstić information content (AvgIpc) is 2.74. The predicted octanol–water partition coefficient (Wildman–Crippen LogP) is 3.62. The molecule has 0 radical (unpaired) electrons. The van der Waals surface area contributed by atoms with Crippen LogP contribution in [0.15, 0.2) is 59.6 Å². The topological polar surface area (TPSA) is 86.8 Å². The second kappa shape index (κ2) is 9.45. The van der Waals surface area contributed by atoms with Gasteiger partial charge in [0.15, 0.2) is 0 Å².